The molecule has 1 saturated heterocycles. The molecule has 0 bridgehead atoms. The van der Waals surface area contributed by atoms with Gasteiger partial charge in [0, 0.05) is 24.6 Å². The van der Waals surface area contributed by atoms with Crippen LogP contribution in [0.25, 0.3) is 0 Å². The summed E-state index contributed by atoms with van der Waals surface area (Å²) >= 11 is 1.62. The Morgan fingerprint density at radius 2 is 2.16 bits per heavy atom. The van der Waals surface area contributed by atoms with Gasteiger partial charge in [-0.25, -0.2) is 0 Å². The van der Waals surface area contributed by atoms with Crippen LogP contribution in [0.3, 0.4) is 0 Å². The van der Waals surface area contributed by atoms with Crippen molar-refractivity contribution >= 4 is 17.2 Å². The lowest BCUT2D eigenvalue weighted by Crippen LogP contribution is -2.38. The molecule has 0 spiro atoms. The van der Waals surface area contributed by atoms with E-state index in [4.69, 9.17) is 5.11 Å². The summed E-state index contributed by atoms with van der Waals surface area (Å²) in [5.74, 6) is 0.552. The normalized spacial score (nSPS) is 16.9. The van der Waals surface area contributed by atoms with E-state index in [0.29, 0.717) is 5.92 Å². The number of piperidine rings is 1. The zero-order valence-electron chi connectivity index (χ0n) is 11.8. The summed E-state index contributed by atoms with van der Waals surface area (Å²) in [6, 6.07) is 2.07. The molecule has 1 aromatic rings. The molecule has 1 amide bonds. The first-order valence-corrected chi connectivity index (χ1v) is 7.96. The molecule has 2 rings (SSSR count). The number of rotatable bonds is 4. The first kappa shape index (κ1) is 14.5. The van der Waals surface area contributed by atoms with Gasteiger partial charge in [0.2, 0.25) is 0 Å². The smallest absolute Gasteiger partial charge is 0.263 e. The Kier molecular flexibility index (Phi) is 4.99. The molecule has 4 heteroatoms. The highest BCUT2D eigenvalue weighted by Crippen LogP contribution is 2.26. The van der Waals surface area contributed by atoms with Gasteiger partial charge in [-0.1, -0.05) is 13.3 Å². The molecule has 1 aromatic heterocycles. The molecule has 2 heterocycles. The Bertz CT molecular complexity index is 433. The number of likely N-dealkylation sites (tertiary alicyclic amines) is 1. The third-order valence-electron chi connectivity index (χ3n) is 3.91. The van der Waals surface area contributed by atoms with Crippen LogP contribution in [0, 0.1) is 12.8 Å². The third kappa shape index (κ3) is 3.37. The van der Waals surface area contributed by atoms with E-state index < -0.39 is 0 Å². The zero-order valence-corrected chi connectivity index (χ0v) is 12.6. The van der Waals surface area contributed by atoms with Gasteiger partial charge in [-0.15, -0.1) is 11.3 Å². The first-order valence-electron chi connectivity index (χ1n) is 7.15. The summed E-state index contributed by atoms with van der Waals surface area (Å²) in [6.07, 6.45) is 4.03. The number of aryl methyl sites for hydroxylation is 2. The summed E-state index contributed by atoms with van der Waals surface area (Å²) in [5.41, 5.74) is 1.32. The fraction of sp³-hybridized carbons (Fsp3) is 0.667. The Hall–Kier alpha value is -0.870. The van der Waals surface area contributed by atoms with E-state index in [1.54, 1.807) is 11.3 Å². The van der Waals surface area contributed by atoms with E-state index in [1.807, 2.05) is 4.90 Å². The van der Waals surface area contributed by atoms with Crippen molar-refractivity contribution in [3.05, 3.63) is 21.4 Å². The second-order valence-corrected chi connectivity index (χ2v) is 6.62. The van der Waals surface area contributed by atoms with Crippen molar-refractivity contribution < 1.29 is 9.90 Å². The minimum absolute atomic E-state index is 0.173. The number of thiophene rings is 1. The average molecular weight is 281 g/mol. The molecule has 3 nitrogen and oxygen atoms in total. The van der Waals surface area contributed by atoms with E-state index in [0.717, 1.165) is 43.6 Å². The quantitative estimate of drug-likeness (QED) is 0.922. The van der Waals surface area contributed by atoms with E-state index in [1.165, 1.54) is 10.4 Å². The van der Waals surface area contributed by atoms with Crippen LogP contribution in [0.2, 0.25) is 0 Å². The van der Waals surface area contributed by atoms with Crippen LogP contribution in [0.1, 0.15) is 46.3 Å². The van der Waals surface area contributed by atoms with Gasteiger partial charge in [0.1, 0.15) is 0 Å². The van der Waals surface area contributed by atoms with Crippen LogP contribution in [0.15, 0.2) is 6.07 Å². The van der Waals surface area contributed by atoms with E-state index in [9.17, 15) is 4.79 Å². The van der Waals surface area contributed by atoms with Crippen LogP contribution < -0.4 is 0 Å². The van der Waals surface area contributed by atoms with Gasteiger partial charge in [-0.05, 0) is 43.7 Å². The monoisotopic (exact) mass is 281 g/mol. The maximum Gasteiger partial charge on any atom is 0.263 e. The minimum atomic E-state index is 0.173. The second kappa shape index (κ2) is 6.53. The summed E-state index contributed by atoms with van der Waals surface area (Å²) in [5, 5.41) is 9.13. The average Bonchev–Trinajstić information content (AvgIpc) is 2.80. The van der Waals surface area contributed by atoms with Crippen LogP contribution in [-0.4, -0.2) is 35.6 Å². The molecular weight excluding hydrogens is 258 g/mol. The Morgan fingerprint density at radius 3 is 2.74 bits per heavy atom. The Labute approximate surface area is 119 Å². The van der Waals surface area contributed by atoms with Crippen molar-refractivity contribution in [2.45, 2.75) is 39.5 Å². The summed E-state index contributed by atoms with van der Waals surface area (Å²) in [6.45, 7) is 6.08. The fourth-order valence-electron chi connectivity index (χ4n) is 2.62. The highest BCUT2D eigenvalue weighted by molar-refractivity contribution is 7.14. The van der Waals surface area contributed by atoms with Gasteiger partial charge >= 0.3 is 0 Å². The number of hydrogen-bond donors (Lipinski definition) is 1. The Morgan fingerprint density at radius 1 is 1.47 bits per heavy atom. The van der Waals surface area contributed by atoms with Crippen LogP contribution in [0.5, 0.6) is 0 Å². The predicted octanol–water partition coefficient (Wildman–Crippen LogP) is 2.85. The van der Waals surface area contributed by atoms with Crippen molar-refractivity contribution in [1.29, 1.82) is 0 Å². The number of nitrogens with zero attached hydrogens (tertiary/aromatic N) is 1. The van der Waals surface area contributed by atoms with Gasteiger partial charge in [0.25, 0.3) is 5.91 Å². The first-order chi connectivity index (χ1) is 9.15. The van der Waals surface area contributed by atoms with Crippen molar-refractivity contribution in [3.8, 4) is 0 Å². The molecule has 0 unspecified atom stereocenters. The highest BCUT2D eigenvalue weighted by atomic mass is 32.1. The Balaban J connectivity index is 2.02. The van der Waals surface area contributed by atoms with Gasteiger partial charge in [-0.3, -0.25) is 4.79 Å². The van der Waals surface area contributed by atoms with Crippen LogP contribution in [-0.2, 0) is 6.42 Å². The predicted molar refractivity (Wildman–Crippen MR) is 78.8 cm³/mol. The second-order valence-electron chi connectivity index (χ2n) is 5.36. The zero-order chi connectivity index (χ0) is 13.8. The number of aliphatic hydroxyl groups excluding tert-OH is 1. The van der Waals surface area contributed by atoms with Gasteiger partial charge in [-0.2, -0.15) is 0 Å². The van der Waals surface area contributed by atoms with E-state index in [-0.39, 0.29) is 12.5 Å². The van der Waals surface area contributed by atoms with Gasteiger partial charge in [0.15, 0.2) is 0 Å². The van der Waals surface area contributed by atoms with Gasteiger partial charge in [0.05, 0.1) is 4.88 Å². The molecule has 0 aliphatic carbocycles. The molecule has 1 fully saturated rings. The lowest BCUT2D eigenvalue weighted by molar-refractivity contribution is 0.0655. The van der Waals surface area contributed by atoms with Crippen LogP contribution in [0.4, 0.5) is 0 Å². The molecule has 1 aliphatic rings. The van der Waals surface area contributed by atoms with Crippen molar-refractivity contribution in [2.24, 2.45) is 5.92 Å². The molecule has 106 valence electrons. The summed E-state index contributed by atoms with van der Waals surface area (Å²) < 4.78 is 0. The number of carbonyl (C=O) groups is 1. The maximum absolute atomic E-state index is 12.4. The lowest BCUT2D eigenvalue weighted by Gasteiger charge is -2.30. The van der Waals surface area contributed by atoms with Crippen molar-refractivity contribution in [2.75, 3.05) is 19.7 Å². The largest absolute Gasteiger partial charge is 0.396 e. The molecule has 19 heavy (non-hydrogen) atoms. The molecule has 0 atom stereocenters. The topological polar surface area (TPSA) is 40.5 Å². The number of amides is 1. The summed E-state index contributed by atoms with van der Waals surface area (Å²) in [4.78, 5) is 16.5. The molecule has 0 aromatic carbocycles. The van der Waals surface area contributed by atoms with Crippen molar-refractivity contribution in [3.63, 3.8) is 0 Å². The number of hydrogen-bond acceptors (Lipinski definition) is 3. The maximum atomic E-state index is 12.4. The van der Waals surface area contributed by atoms with E-state index in [2.05, 4.69) is 19.9 Å². The third-order valence-corrected chi connectivity index (χ3v) is 4.99. The molecule has 1 N–H and O–H groups in total. The molecule has 0 radical (unpaired) electrons. The van der Waals surface area contributed by atoms with Crippen molar-refractivity contribution in [1.82, 2.24) is 4.90 Å². The fourth-order valence-corrected chi connectivity index (χ4v) is 3.66. The van der Waals surface area contributed by atoms with Gasteiger partial charge < -0.3 is 10.0 Å². The molecule has 1 aliphatic heterocycles. The molecular formula is C15H23NO2S. The SMILES string of the molecule is CCCc1cc(C(=O)N2CCC(CO)CC2)sc1C. The molecule has 0 saturated carbocycles. The number of aliphatic hydroxyl groups is 1. The lowest BCUT2D eigenvalue weighted by atomic mass is 9.98. The minimum Gasteiger partial charge on any atom is -0.396 e. The summed E-state index contributed by atoms with van der Waals surface area (Å²) in [7, 11) is 0. The standard InChI is InChI=1S/C15H23NO2S/c1-3-4-13-9-14(19-11(13)2)15(18)16-7-5-12(10-17)6-8-16/h9,12,17H,3-8,10H2,1-2H3. The van der Waals surface area contributed by atoms with Crippen LogP contribution >= 0.6 is 11.3 Å². The number of carbonyl (C=O) groups excluding carboxylic acids is 1. The van der Waals surface area contributed by atoms with E-state index >= 15 is 0 Å². The highest BCUT2D eigenvalue weighted by Gasteiger charge is 2.24.